The van der Waals surface area contributed by atoms with E-state index in [4.69, 9.17) is 6.58 Å². The van der Waals surface area contributed by atoms with Gasteiger partial charge in [0.05, 0.1) is 0 Å². The molecule has 0 amide bonds. The minimum absolute atomic E-state index is 0. The van der Waals surface area contributed by atoms with Crippen LogP contribution in [0.15, 0.2) is 10.7 Å². The SMILES string of the molecule is [CH-]=C(N1[C-]=NCC1)C1(C(C)C)CC1.[Y]. The van der Waals surface area contributed by atoms with Crippen molar-refractivity contribution in [3.63, 3.8) is 0 Å². The number of allylic oxidation sites excluding steroid dienone is 1. The van der Waals surface area contributed by atoms with Crippen molar-refractivity contribution in [2.45, 2.75) is 26.7 Å². The fourth-order valence-electron chi connectivity index (χ4n) is 2.04. The molecule has 0 N–H and O–H groups in total. The van der Waals surface area contributed by atoms with Crippen LogP contribution in [-0.4, -0.2) is 24.3 Å². The molecule has 1 saturated carbocycles. The normalized spacial score (nSPS) is 22.4. The van der Waals surface area contributed by atoms with Gasteiger partial charge in [0, 0.05) is 45.8 Å². The molecule has 1 aliphatic carbocycles. The van der Waals surface area contributed by atoms with Crippen molar-refractivity contribution in [1.82, 2.24) is 4.90 Å². The number of hydrogen-bond acceptors (Lipinski definition) is 2. The van der Waals surface area contributed by atoms with Crippen molar-refractivity contribution in [3.05, 3.63) is 12.3 Å². The van der Waals surface area contributed by atoms with E-state index in [2.05, 4.69) is 25.2 Å². The molecule has 75 valence electrons. The van der Waals surface area contributed by atoms with E-state index in [1.165, 1.54) is 12.8 Å². The van der Waals surface area contributed by atoms with Crippen molar-refractivity contribution >= 4 is 6.34 Å². The molecule has 0 aromatic heterocycles. The van der Waals surface area contributed by atoms with Gasteiger partial charge in [-0.25, -0.2) is 0 Å². The van der Waals surface area contributed by atoms with Crippen molar-refractivity contribution in [3.8, 4) is 0 Å². The summed E-state index contributed by atoms with van der Waals surface area (Å²) in [6.45, 7) is 12.4. The fourth-order valence-corrected chi connectivity index (χ4v) is 2.04. The van der Waals surface area contributed by atoms with Crippen molar-refractivity contribution in [2.75, 3.05) is 13.1 Å². The van der Waals surface area contributed by atoms with Crippen molar-refractivity contribution in [2.24, 2.45) is 16.3 Å². The minimum atomic E-state index is 0. The third-order valence-corrected chi connectivity index (χ3v) is 3.32. The Morgan fingerprint density at radius 3 is 2.50 bits per heavy atom. The van der Waals surface area contributed by atoms with Crippen LogP contribution in [0.25, 0.3) is 0 Å². The van der Waals surface area contributed by atoms with Crippen LogP contribution in [0, 0.1) is 17.9 Å². The Labute approximate surface area is 112 Å². The molecule has 1 fully saturated rings. The zero-order chi connectivity index (χ0) is 9.47. The number of aliphatic imine (C=N–C) groups is 1. The maximum atomic E-state index is 6.14. The third kappa shape index (κ3) is 1.97. The van der Waals surface area contributed by atoms with Crippen LogP contribution in [0.4, 0.5) is 0 Å². The number of hydrogen-bond donors (Lipinski definition) is 0. The van der Waals surface area contributed by atoms with Crippen LogP contribution in [0.2, 0.25) is 0 Å². The quantitative estimate of drug-likeness (QED) is 0.712. The maximum Gasteiger partial charge on any atom is 0.0339 e. The predicted molar refractivity (Wildman–Crippen MR) is 53.3 cm³/mol. The average Bonchev–Trinajstić information content (AvgIpc) is 2.74. The van der Waals surface area contributed by atoms with E-state index in [1.54, 1.807) is 0 Å². The monoisotopic (exact) mass is 265 g/mol. The Kier molecular flexibility index (Phi) is 3.93. The van der Waals surface area contributed by atoms with E-state index in [0.717, 1.165) is 18.8 Å². The summed E-state index contributed by atoms with van der Waals surface area (Å²) >= 11 is 0. The zero-order valence-corrected chi connectivity index (χ0v) is 11.8. The van der Waals surface area contributed by atoms with Crippen LogP contribution in [0.5, 0.6) is 0 Å². The van der Waals surface area contributed by atoms with Gasteiger partial charge in [-0.3, -0.25) is 0 Å². The second kappa shape index (κ2) is 4.44. The second-order valence-corrected chi connectivity index (χ2v) is 4.33. The summed E-state index contributed by atoms with van der Waals surface area (Å²) in [6, 6.07) is 0. The topological polar surface area (TPSA) is 15.6 Å². The molecule has 0 bridgehead atoms. The van der Waals surface area contributed by atoms with E-state index >= 15 is 0 Å². The molecule has 1 heterocycles. The molecule has 0 aromatic carbocycles. The molecule has 3 heteroatoms. The number of rotatable bonds is 3. The molecule has 1 radical (unpaired) electrons. The van der Waals surface area contributed by atoms with Gasteiger partial charge in [-0.15, -0.1) is 0 Å². The molecule has 0 unspecified atom stereocenters. The zero-order valence-electron chi connectivity index (χ0n) is 8.95. The maximum absolute atomic E-state index is 6.14. The first kappa shape index (κ1) is 12.4. The van der Waals surface area contributed by atoms with E-state index < -0.39 is 0 Å². The molecule has 1 aliphatic heterocycles. The van der Waals surface area contributed by atoms with Crippen LogP contribution in [-0.2, 0) is 32.7 Å². The Morgan fingerprint density at radius 2 is 2.14 bits per heavy atom. The summed E-state index contributed by atoms with van der Waals surface area (Å²) in [6.07, 6.45) is 5.42. The van der Waals surface area contributed by atoms with Crippen LogP contribution < -0.4 is 0 Å². The summed E-state index contributed by atoms with van der Waals surface area (Å²) in [4.78, 5) is 6.05. The largest absolute Gasteiger partial charge is 0.599 e. The van der Waals surface area contributed by atoms with Gasteiger partial charge in [-0.2, -0.15) is 0 Å². The molecular weight excluding hydrogens is 249 g/mol. The van der Waals surface area contributed by atoms with E-state index in [9.17, 15) is 0 Å². The fraction of sp³-hybridized carbons (Fsp3) is 0.727. The molecule has 0 spiro atoms. The van der Waals surface area contributed by atoms with E-state index in [-0.39, 0.29) is 38.1 Å². The predicted octanol–water partition coefficient (Wildman–Crippen LogP) is 1.96. The Hall–Kier alpha value is 0.314. The average molecular weight is 265 g/mol. The van der Waals surface area contributed by atoms with Gasteiger partial charge in [0.15, 0.2) is 0 Å². The van der Waals surface area contributed by atoms with Crippen molar-refractivity contribution in [1.29, 1.82) is 0 Å². The summed E-state index contributed by atoms with van der Waals surface area (Å²) in [5, 5.41) is 0. The first-order valence-electron chi connectivity index (χ1n) is 4.99. The van der Waals surface area contributed by atoms with Crippen LogP contribution >= 0.6 is 0 Å². The smallest absolute Gasteiger partial charge is 0.0339 e. The summed E-state index contributed by atoms with van der Waals surface area (Å²) in [5.41, 5.74) is 1.26. The Balaban J connectivity index is 0.000000980. The van der Waals surface area contributed by atoms with Gasteiger partial charge in [0.1, 0.15) is 0 Å². The third-order valence-electron chi connectivity index (χ3n) is 3.32. The van der Waals surface area contributed by atoms with Crippen LogP contribution in [0.1, 0.15) is 26.7 Å². The summed E-state index contributed by atoms with van der Waals surface area (Å²) < 4.78 is 0. The molecule has 0 atom stereocenters. The van der Waals surface area contributed by atoms with Gasteiger partial charge in [0.2, 0.25) is 0 Å². The van der Waals surface area contributed by atoms with Gasteiger partial charge in [-0.05, 0) is 0 Å². The van der Waals surface area contributed by atoms with Crippen LogP contribution in [0.3, 0.4) is 0 Å². The summed E-state index contributed by atoms with van der Waals surface area (Å²) in [7, 11) is 0. The first-order valence-corrected chi connectivity index (χ1v) is 4.99. The molecular formula is C11H16N2Y-2. The van der Waals surface area contributed by atoms with Crippen molar-refractivity contribution < 1.29 is 32.7 Å². The first-order chi connectivity index (χ1) is 6.17. The van der Waals surface area contributed by atoms with E-state index in [1.807, 2.05) is 4.90 Å². The minimum Gasteiger partial charge on any atom is -0.599 e. The molecule has 2 nitrogen and oxygen atoms in total. The van der Waals surface area contributed by atoms with Gasteiger partial charge >= 0.3 is 0 Å². The molecule has 0 saturated heterocycles. The Morgan fingerprint density at radius 1 is 1.50 bits per heavy atom. The van der Waals surface area contributed by atoms with Gasteiger partial charge < -0.3 is 22.2 Å². The molecule has 2 rings (SSSR count). The van der Waals surface area contributed by atoms with Gasteiger partial charge in [0.25, 0.3) is 0 Å². The number of nitrogens with zero attached hydrogens (tertiary/aromatic N) is 2. The second-order valence-electron chi connectivity index (χ2n) is 4.33. The standard InChI is InChI=1S/C11H16N2.Y/c1-9(2)11(4-5-11)10(3)13-7-6-12-8-13;/h3,9H,4-7H2,1-2H3;/q-2;. The molecule has 2 aliphatic rings. The molecule has 14 heavy (non-hydrogen) atoms. The Bertz CT molecular complexity index is 254. The van der Waals surface area contributed by atoms with E-state index in [0.29, 0.717) is 5.92 Å². The van der Waals surface area contributed by atoms with Gasteiger partial charge in [-0.1, -0.05) is 44.4 Å². The summed E-state index contributed by atoms with van der Waals surface area (Å²) in [5.74, 6) is 0.634. The molecule has 0 aromatic rings.